The summed E-state index contributed by atoms with van der Waals surface area (Å²) in [6.07, 6.45) is -4.16. The molecular formula is C13H11F3N4O4. The predicted octanol–water partition coefficient (Wildman–Crippen LogP) is 2.28. The number of hydrogen-bond donors (Lipinski definition) is 1. The van der Waals surface area contributed by atoms with Crippen LogP contribution >= 0.6 is 0 Å². The molecule has 2 aromatic heterocycles. The number of pyridine rings is 1. The zero-order chi connectivity index (χ0) is 17.3. The number of carboxylic acid groups (broad SMARTS) is 1. The number of hydrogen-bond acceptors (Lipinski definition) is 6. The number of halogens is 3. The first-order chi connectivity index (χ1) is 11.3. The normalized spacial score (nSPS) is 18.0. The van der Waals surface area contributed by atoms with Crippen LogP contribution in [0.2, 0.25) is 0 Å². The lowest BCUT2D eigenvalue weighted by atomic mass is 10.3. The average molecular weight is 344 g/mol. The van der Waals surface area contributed by atoms with Crippen LogP contribution in [0.1, 0.15) is 12.3 Å². The number of aromatic nitrogens is 3. The molecule has 1 fully saturated rings. The van der Waals surface area contributed by atoms with Gasteiger partial charge in [0.15, 0.2) is 0 Å². The van der Waals surface area contributed by atoms with Crippen LogP contribution < -0.4 is 4.74 Å². The molecule has 0 aliphatic carbocycles. The minimum absolute atomic E-state index is 0.0974. The maximum atomic E-state index is 12.4. The fourth-order valence-electron chi connectivity index (χ4n) is 2.22. The Morgan fingerprint density at radius 2 is 2.21 bits per heavy atom. The monoisotopic (exact) mass is 344 g/mol. The van der Waals surface area contributed by atoms with Crippen LogP contribution in [0.3, 0.4) is 0 Å². The molecule has 2 aromatic rings. The van der Waals surface area contributed by atoms with E-state index in [2.05, 4.69) is 19.6 Å². The highest BCUT2D eigenvalue weighted by atomic mass is 19.4. The van der Waals surface area contributed by atoms with E-state index in [1.54, 1.807) is 0 Å². The Kier molecular flexibility index (Phi) is 3.99. The quantitative estimate of drug-likeness (QED) is 0.911. The van der Waals surface area contributed by atoms with Crippen LogP contribution in [-0.4, -0.2) is 50.4 Å². The van der Waals surface area contributed by atoms with Crippen LogP contribution in [0.25, 0.3) is 11.5 Å². The molecule has 1 saturated heterocycles. The molecule has 0 saturated carbocycles. The second-order valence-electron chi connectivity index (χ2n) is 5.06. The summed E-state index contributed by atoms with van der Waals surface area (Å²) in [5, 5.41) is 12.1. The number of nitrogens with zero attached hydrogens (tertiary/aromatic N) is 4. The molecule has 0 spiro atoms. The summed E-state index contributed by atoms with van der Waals surface area (Å²) in [7, 11) is 0. The number of carbonyl (C=O) groups is 1. The van der Waals surface area contributed by atoms with E-state index in [1.807, 2.05) is 0 Å². The molecule has 0 aromatic carbocycles. The summed E-state index contributed by atoms with van der Waals surface area (Å²) in [5.74, 6) is -1.36. The highest BCUT2D eigenvalue weighted by Crippen LogP contribution is 2.29. The zero-order valence-electron chi connectivity index (χ0n) is 12.0. The molecule has 1 amide bonds. The highest BCUT2D eigenvalue weighted by molar-refractivity contribution is 5.65. The van der Waals surface area contributed by atoms with Gasteiger partial charge in [0.2, 0.25) is 5.82 Å². The van der Waals surface area contributed by atoms with Crippen molar-refractivity contribution in [1.82, 2.24) is 20.0 Å². The van der Waals surface area contributed by atoms with Crippen LogP contribution in [0.15, 0.2) is 22.9 Å². The summed E-state index contributed by atoms with van der Waals surface area (Å²) in [5.41, 5.74) is 0.0974. The minimum Gasteiger partial charge on any atom is -0.487 e. The highest BCUT2D eigenvalue weighted by Gasteiger charge is 2.38. The molecular weight excluding hydrogens is 333 g/mol. The van der Waals surface area contributed by atoms with Gasteiger partial charge < -0.3 is 19.3 Å². The SMILES string of the molecule is O=C(O)N1CCC(Oc2ccc(-c3noc(C(F)(F)F)n3)nc2)C1. The molecule has 8 nitrogen and oxygen atoms in total. The molecule has 1 aliphatic rings. The van der Waals surface area contributed by atoms with Gasteiger partial charge in [-0.1, -0.05) is 5.16 Å². The molecule has 3 heterocycles. The van der Waals surface area contributed by atoms with Gasteiger partial charge in [-0.2, -0.15) is 18.2 Å². The van der Waals surface area contributed by atoms with Crippen LogP contribution in [0, 0.1) is 0 Å². The van der Waals surface area contributed by atoms with Gasteiger partial charge in [0, 0.05) is 13.0 Å². The summed E-state index contributed by atoms with van der Waals surface area (Å²) >= 11 is 0. The molecule has 1 unspecified atom stereocenters. The summed E-state index contributed by atoms with van der Waals surface area (Å²) < 4.78 is 47.0. The van der Waals surface area contributed by atoms with Gasteiger partial charge in [0.25, 0.3) is 0 Å². The number of rotatable bonds is 3. The van der Waals surface area contributed by atoms with Gasteiger partial charge in [-0.25, -0.2) is 9.78 Å². The topological polar surface area (TPSA) is 102 Å². The molecule has 1 N–H and O–H groups in total. The van der Waals surface area contributed by atoms with Gasteiger partial charge in [-0.15, -0.1) is 0 Å². The Balaban J connectivity index is 1.66. The van der Waals surface area contributed by atoms with Crippen molar-refractivity contribution in [2.45, 2.75) is 18.7 Å². The number of amides is 1. The zero-order valence-corrected chi connectivity index (χ0v) is 12.0. The van der Waals surface area contributed by atoms with Gasteiger partial charge >= 0.3 is 18.2 Å². The maximum Gasteiger partial charge on any atom is 0.471 e. The molecule has 11 heteroatoms. The molecule has 1 atom stereocenters. The Morgan fingerprint density at radius 3 is 2.75 bits per heavy atom. The van der Waals surface area contributed by atoms with Gasteiger partial charge in [0.1, 0.15) is 17.5 Å². The molecule has 3 rings (SSSR count). The van der Waals surface area contributed by atoms with E-state index >= 15 is 0 Å². The van der Waals surface area contributed by atoms with Gasteiger partial charge in [-0.05, 0) is 12.1 Å². The minimum atomic E-state index is -4.72. The third-order valence-electron chi connectivity index (χ3n) is 3.35. The largest absolute Gasteiger partial charge is 0.487 e. The second-order valence-corrected chi connectivity index (χ2v) is 5.06. The number of likely N-dealkylation sites (tertiary alicyclic amines) is 1. The third-order valence-corrected chi connectivity index (χ3v) is 3.35. The van der Waals surface area contributed by atoms with Crippen molar-refractivity contribution in [3.8, 4) is 17.3 Å². The van der Waals surface area contributed by atoms with Crippen molar-refractivity contribution < 1.29 is 32.3 Å². The smallest absolute Gasteiger partial charge is 0.471 e. The molecule has 24 heavy (non-hydrogen) atoms. The fourth-order valence-corrected chi connectivity index (χ4v) is 2.22. The van der Waals surface area contributed by atoms with E-state index in [1.165, 1.54) is 23.2 Å². The number of ether oxygens (including phenoxy) is 1. The van der Waals surface area contributed by atoms with Crippen molar-refractivity contribution in [3.63, 3.8) is 0 Å². The number of alkyl halides is 3. The van der Waals surface area contributed by atoms with Crippen molar-refractivity contribution in [3.05, 3.63) is 24.2 Å². The second kappa shape index (κ2) is 5.98. The molecule has 0 bridgehead atoms. The van der Waals surface area contributed by atoms with E-state index in [0.717, 1.165) is 0 Å². The van der Waals surface area contributed by atoms with Crippen LogP contribution in [0.4, 0.5) is 18.0 Å². The first kappa shape index (κ1) is 16.0. The predicted molar refractivity (Wildman–Crippen MR) is 71.2 cm³/mol. The Hall–Kier alpha value is -2.85. The lowest BCUT2D eigenvalue weighted by Gasteiger charge is -2.14. The maximum absolute atomic E-state index is 12.4. The van der Waals surface area contributed by atoms with Crippen molar-refractivity contribution in [2.24, 2.45) is 0 Å². The van der Waals surface area contributed by atoms with E-state index < -0.39 is 18.2 Å². The fraction of sp³-hybridized carbons (Fsp3) is 0.385. The Morgan fingerprint density at radius 1 is 1.42 bits per heavy atom. The van der Waals surface area contributed by atoms with Crippen molar-refractivity contribution in [2.75, 3.05) is 13.1 Å². The van der Waals surface area contributed by atoms with E-state index in [4.69, 9.17) is 9.84 Å². The van der Waals surface area contributed by atoms with Crippen molar-refractivity contribution in [1.29, 1.82) is 0 Å². The molecule has 128 valence electrons. The van der Waals surface area contributed by atoms with E-state index in [-0.39, 0.29) is 24.2 Å². The van der Waals surface area contributed by atoms with Crippen LogP contribution in [0.5, 0.6) is 5.75 Å². The van der Waals surface area contributed by atoms with E-state index in [9.17, 15) is 18.0 Å². The average Bonchev–Trinajstić information content (AvgIpc) is 3.16. The van der Waals surface area contributed by atoms with Crippen molar-refractivity contribution >= 4 is 6.09 Å². The van der Waals surface area contributed by atoms with Crippen LogP contribution in [-0.2, 0) is 6.18 Å². The van der Waals surface area contributed by atoms with E-state index in [0.29, 0.717) is 18.7 Å². The first-order valence-corrected chi connectivity index (χ1v) is 6.85. The standard InChI is InChI=1S/C13H11F3N4O4/c14-13(15,16)11-18-10(19-24-11)9-2-1-7(5-17-9)23-8-3-4-20(6-8)12(21)22/h1-2,5,8H,3-4,6H2,(H,21,22). The molecule has 0 radical (unpaired) electrons. The Labute approximate surface area is 132 Å². The summed E-state index contributed by atoms with van der Waals surface area (Å²) in [4.78, 5) is 19.2. The first-order valence-electron chi connectivity index (χ1n) is 6.85. The molecule has 1 aliphatic heterocycles. The third kappa shape index (κ3) is 3.39. The summed E-state index contributed by atoms with van der Waals surface area (Å²) in [6.45, 7) is 0.630. The lowest BCUT2D eigenvalue weighted by molar-refractivity contribution is -0.159. The van der Waals surface area contributed by atoms with Gasteiger partial charge in [-0.3, -0.25) is 0 Å². The Bertz CT molecular complexity index is 732. The summed E-state index contributed by atoms with van der Waals surface area (Å²) in [6, 6.07) is 2.89. The van der Waals surface area contributed by atoms with Gasteiger partial charge in [0.05, 0.1) is 12.7 Å². The lowest BCUT2D eigenvalue weighted by Crippen LogP contribution is -2.29.